The first-order valence-electron chi connectivity index (χ1n) is 4.71. The second kappa shape index (κ2) is 3.45. The summed E-state index contributed by atoms with van der Waals surface area (Å²) in [5.41, 5.74) is 5.82. The SMILES string of the molecule is C[C@H](O)[C@H](N)c1n[nH]c(=S)n1C1CC1. The molecule has 1 fully saturated rings. The van der Waals surface area contributed by atoms with Crippen LogP contribution >= 0.6 is 12.2 Å². The molecule has 2 rings (SSSR count). The van der Waals surface area contributed by atoms with Crippen LogP contribution in [0.4, 0.5) is 0 Å². The molecule has 1 saturated carbocycles. The molecule has 0 spiro atoms. The molecule has 0 aromatic carbocycles. The number of H-pyrrole nitrogens is 1. The fraction of sp³-hybridized carbons (Fsp3) is 0.750. The second-order valence-corrected chi connectivity index (χ2v) is 4.14. The zero-order chi connectivity index (χ0) is 10.3. The average molecular weight is 214 g/mol. The zero-order valence-electron chi connectivity index (χ0n) is 7.97. The summed E-state index contributed by atoms with van der Waals surface area (Å²) in [5.74, 6) is 0.660. The first-order valence-corrected chi connectivity index (χ1v) is 5.12. The molecule has 1 aliphatic rings. The van der Waals surface area contributed by atoms with E-state index in [2.05, 4.69) is 10.2 Å². The Labute approximate surface area is 86.9 Å². The van der Waals surface area contributed by atoms with Crippen LogP contribution < -0.4 is 5.73 Å². The maximum Gasteiger partial charge on any atom is 0.195 e. The van der Waals surface area contributed by atoms with Gasteiger partial charge >= 0.3 is 0 Å². The summed E-state index contributed by atoms with van der Waals surface area (Å²) >= 11 is 5.10. The molecule has 0 saturated heterocycles. The van der Waals surface area contributed by atoms with E-state index >= 15 is 0 Å². The van der Waals surface area contributed by atoms with E-state index in [1.54, 1.807) is 6.92 Å². The lowest BCUT2D eigenvalue weighted by molar-refractivity contribution is 0.158. The van der Waals surface area contributed by atoms with Gasteiger partial charge in [0.05, 0.1) is 12.1 Å². The summed E-state index contributed by atoms with van der Waals surface area (Å²) in [6.07, 6.45) is 1.62. The van der Waals surface area contributed by atoms with Crippen molar-refractivity contribution in [2.45, 2.75) is 38.0 Å². The Balaban J connectivity index is 2.37. The van der Waals surface area contributed by atoms with E-state index in [-0.39, 0.29) is 0 Å². The summed E-state index contributed by atoms with van der Waals surface area (Å²) in [6, 6.07) is -0.0374. The largest absolute Gasteiger partial charge is 0.391 e. The Bertz CT molecular complexity index is 379. The summed E-state index contributed by atoms with van der Waals surface area (Å²) in [6.45, 7) is 1.65. The van der Waals surface area contributed by atoms with E-state index in [0.717, 1.165) is 12.8 Å². The Morgan fingerprint density at radius 2 is 2.36 bits per heavy atom. The average Bonchev–Trinajstić information content (AvgIpc) is 2.89. The lowest BCUT2D eigenvalue weighted by Gasteiger charge is -2.14. The Kier molecular flexibility index (Phi) is 2.42. The number of nitrogens with two attached hydrogens (primary N) is 1. The van der Waals surface area contributed by atoms with Crippen molar-refractivity contribution >= 4 is 12.2 Å². The number of aromatic amines is 1. The maximum atomic E-state index is 9.38. The molecule has 6 heteroatoms. The van der Waals surface area contributed by atoms with Gasteiger partial charge in [-0.15, -0.1) is 0 Å². The van der Waals surface area contributed by atoms with Gasteiger partial charge in [-0.2, -0.15) is 5.10 Å². The highest BCUT2D eigenvalue weighted by Gasteiger charge is 2.30. The molecule has 4 N–H and O–H groups in total. The second-order valence-electron chi connectivity index (χ2n) is 3.75. The van der Waals surface area contributed by atoms with Gasteiger partial charge < -0.3 is 10.8 Å². The molecule has 1 heterocycles. The first-order chi connectivity index (χ1) is 6.61. The number of aliphatic hydroxyl groups excluding tert-OH is 1. The predicted molar refractivity (Wildman–Crippen MR) is 54.3 cm³/mol. The standard InChI is InChI=1S/C8H14N4OS/c1-4(13)6(9)7-10-11-8(14)12(7)5-2-3-5/h4-6,13H,2-3,9H2,1H3,(H,11,14)/t4-,6-/m0/s1. The lowest BCUT2D eigenvalue weighted by atomic mass is 10.2. The molecule has 0 unspecified atom stereocenters. The van der Waals surface area contributed by atoms with Crippen molar-refractivity contribution in [3.8, 4) is 0 Å². The zero-order valence-corrected chi connectivity index (χ0v) is 8.79. The van der Waals surface area contributed by atoms with Gasteiger partial charge in [-0.25, -0.2) is 0 Å². The number of hydrogen-bond acceptors (Lipinski definition) is 4. The monoisotopic (exact) mass is 214 g/mol. The van der Waals surface area contributed by atoms with Crippen LogP contribution in [-0.4, -0.2) is 26.0 Å². The Hall–Kier alpha value is -0.720. The number of nitrogens with one attached hydrogen (secondary N) is 1. The van der Waals surface area contributed by atoms with Gasteiger partial charge in [0, 0.05) is 6.04 Å². The molecule has 0 radical (unpaired) electrons. The molecule has 0 bridgehead atoms. The Morgan fingerprint density at radius 1 is 1.71 bits per heavy atom. The third-order valence-corrected chi connectivity index (χ3v) is 2.75. The normalized spacial score (nSPS) is 20.8. The molecule has 78 valence electrons. The molecule has 5 nitrogen and oxygen atoms in total. The van der Waals surface area contributed by atoms with Crippen molar-refractivity contribution in [2.75, 3.05) is 0 Å². The first kappa shape index (κ1) is 9.82. The number of rotatable bonds is 3. The van der Waals surface area contributed by atoms with Crippen molar-refractivity contribution in [1.29, 1.82) is 0 Å². The van der Waals surface area contributed by atoms with Crippen LogP contribution in [0.5, 0.6) is 0 Å². The van der Waals surface area contributed by atoms with Crippen molar-refractivity contribution in [2.24, 2.45) is 5.73 Å². The molecule has 1 aromatic rings. The summed E-state index contributed by atoms with van der Waals surface area (Å²) in [7, 11) is 0. The molecule has 0 aliphatic heterocycles. The van der Waals surface area contributed by atoms with Gasteiger partial charge in [-0.1, -0.05) is 0 Å². The van der Waals surface area contributed by atoms with Crippen LogP contribution in [0, 0.1) is 4.77 Å². The van der Waals surface area contributed by atoms with E-state index in [1.807, 2.05) is 4.57 Å². The molecule has 2 atom stereocenters. The number of aliphatic hydroxyl groups is 1. The quantitative estimate of drug-likeness (QED) is 0.646. The van der Waals surface area contributed by atoms with Gasteiger partial charge in [0.2, 0.25) is 0 Å². The molecule has 1 aliphatic carbocycles. The van der Waals surface area contributed by atoms with Gasteiger partial charge in [0.1, 0.15) is 0 Å². The number of aromatic nitrogens is 3. The number of nitrogens with zero attached hydrogens (tertiary/aromatic N) is 2. The third kappa shape index (κ3) is 1.60. The minimum absolute atomic E-state index is 0.432. The number of hydrogen-bond donors (Lipinski definition) is 3. The van der Waals surface area contributed by atoms with Crippen molar-refractivity contribution < 1.29 is 5.11 Å². The molecule has 0 amide bonds. The van der Waals surface area contributed by atoms with Crippen molar-refractivity contribution in [3.05, 3.63) is 10.6 Å². The summed E-state index contributed by atoms with van der Waals surface area (Å²) in [4.78, 5) is 0. The van der Waals surface area contributed by atoms with Crippen LogP contribution in [0.25, 0.3) is 0 Å². The van der Waals surface area contributed by atoms with Crippen LogP contribution in [0.1, 0.15) is 37.7 Å². The van der Waals surface area contributed by atoms with Gasteiger partial charge in [-0.3, -0.25) is 9.67 Å². The molecule has 14 heavy (non-hydrogen) atoms. The van der Waals surface area contributed by atoms with E-state index in [9.17, 15) is 5.11 Å². The fourth-order valence-electron chi connectivity index (χ4n) is 1.45. The topological polar surface area (TPSA) is 79.9 Å². The van der Waals surface area contributed by atoms with Crippen molar-refractivity contribution in [3.63, 3.8) is 0 Å². The smallest absolute Gasteiger partial charge is 0.195 e. The maximum absolute atomic E-state index is 9.38. The van der Waals surface area contributed by atoms with Crippen molar-refractivity contribution in [1.82, 2.24) is 14.8 Å². The molecule has 1 aromatic heterocycles. The fourth-order valence-corrected chi connectivity index (χ4v) is 1.74. The van der Waals surface area contributed by atoms with Crippen LogP contribution in [0.2, 0.25) is 0 Å². The van der Waals surface area contributed by atoms with Crippen LogP contribution in [-0.2, 0) is 0 Å². The van der Waals surface area contributed by atoms with E-state index in [1.165, 1.54) is 0 Å². The summed E-state index contributed by atoms with van der Waals surface area (Å²) in [5, 5.41) is 16.2. The highest BCUT2D eigenvalue weighted by atomic mass is 32.1. The van der Waals surface area contributed by atoms with Gasteiger partial charge in [0.25, 0.3) is 0 Å². The summed E-state index contributed by atoms with van der Waals surface area (Å²) < 4.78 is 2.52. The Morgan fingerprint density at radius 3 is 2.86 bits per heavy atom. The van der Waals surface area contributed by atoms with Crippen LogP contribution in [0.15, 0.2) is 0 Å². The third-order valence-electron chi connectivity index (χ3n) is 2.46. The van der Waals surface area contributed by atoms with E-state index in [0.29, 0.717) is 16.6 Å². The van der Waals surface area contributed by atoms with Gasteiger partial charge in [0.15, 0.2) is 10.6 Å². The molecular formula is C8H14N4OS. The highest BCUT2D eigenvalue weighted by molar-refractivity contribution is 7.71. The molecular weight excluding hydrogens is 200 g/mol. The minimum atomic E-state index is -0.613. The van der Waals surface area contributed by atoms with E-state index in [4.69, 9.17) is 18.0 Å². The lowest BCUT2D eigenvalue weighted by Crippen LogP contribution is -2.26. The predicted octanol–water partition coefficient (Wildman–Crippen LogP) is 0.656. The van der Waals surface area contributed by atoms with Crippen LogP contribution in [0.3, 0.4) is 0 Å². The highest BCUT2D eigenvalue weighted by Crippen LogP contribution is 2.36. The van der Waals surface area contributed by atoms with E-state index < -0.39 is 12.1 Å². The minimum Gasteiger partial charge on any atom is -0.391 e. The van der Waals surface area contributed by atoms with Gasteiger partial charge in [-0.05, 0) is 32.0 Å².